The van der Waals surface area contributed by atoms with Gasteiger partial charge in [-0.1, -0.05) is 18.2 Å². The topological polar surface area (TPSA) is 66.4 Å². The third-order valence-corrected chi connectivity index (χ3v) is 4.77. The summed E-state index contributed by atoms with van der Waals surface area (Å²) in [4.78, 5) is -0.438. The van der Waals surface area contributed by atoms with Crippen LogP contribution >= 0.6 is 0 Å². The molecule has 7 heteroatoms. The van der Waals surface area contributed by atoms with E-state index in [1.165, 1.54) is 36.4 Å². The van der Waals surface area contributed by atoms with Crippen LogP contribution in [0.1, 0.15) is 12.8 Å². The van der Waals surface area contributed by atoms with Crippen LogP contribution in [0.2, 0.25) is 0 Å². The lowest BCUT2D eigenvalue weighted by Gasteiger charge is -2.09. The first-order valence-electron chi connectivity index (χ1n) is 7.10. The highest BCUT2D eigenvalue weighted by Gasteiger charge is 2.19. The first kappa shape index (κ1) is 17.5. The second kappa shape index (κ2) is 7.63. The van der Waals surface area contributed by atoms with Crippen molar-refractivity contribution in [1.29, 1.82) is 0 Å². The number of nitrogens with one attached hydrogen (secondary N) is 1. The fourth-order valence-corrected chi connectivity index (χ4v) is 3.19. The summed E-state index contributed by atoms with van der Waals surface area (Å²) >= 11 is 0. The van der Waals surface area contributed by atoms with Gasteiger partial charge in [0.2, 0.25) is 10.0 Å². The van der Waals surface area contributed by atoms with Gasteiger partial charge in [-0.25, -0.2) is 21.9 Å². The molecule has 0 spiro atoms. The minimum Gasteiger partial charge on any atom is -0.396 e. The van der Waals surface area contributed by atoms with Gasteiger partial charge in [0.1, 0.15) is 16.5 Å². The first-order valence-corrected chi connectivity index (χ1v) is 8.58. The second-order valence-electron chi connectivity index (χ2n) is 4.98. The van der Waals surface area contributed by atoms with Gasteiger partial charge in [0.25, 0.3) is 0 Å². The summed E-state index contributed by atoms with van der Waals surface area (Å²) in [6.07, 6.45) is 0.930. The van der Waals surface area contributed by atoms with E-state index in [9.17, 15) is 17.2 Å². The summed E-state index contributed by atoms with van der Waals surface area (Å²) in [7, 11) is -3.94. The first-order chi connectivity index (χ1) is 10.9. The molecule has 23 heavy (non-hydrogen) atoms. The zero-order valence-corrected chi connectivity index (χ0v) is 13.1. The molecule has 0 saturated heterocycles. The monoisotopic (exact) mass is 341 g/mol. The van der Waals surface area contributed by atoms with Gasteiger partial charge in [-0.2, -0.15) is 0 Å². The van der Waals surface area contributed by atoms with Crippen molar-refractivity contribution < 1.29 is 22.3 Å². The highest BCUT2D eigenvalue weighted by Crippen LogP contribution is 2.24. The Hall–Kier alpha value is -1.83. The summed E-state index contributed by atoms with van der Waals surface area (Å²) in [5.74, 6) is -1.28. The minimum absolute atomic E-state index is 0.0253. The van der Waals surface area contributed by atoms with E-state index in [0.717, 1.165) is 6.07 Å². The molecule has 124 valence electrons. The molecule has 4 nitrogen and oxygen atoms in total. The van der Waals surface area contributed by atoms with E-state index >= 15 is 0 Å². The molecule has 0 aromatic heterocycles. The number of hydrogen-bond donors (Lipinski definition) is 2. The van der Waals surface area contributed by atoms with Crippen LogP contribution in [0.4, 0.5) is 8.78 Å². The summed E-state index contributed by atoms with van der Waals surface area (Å²) in [6, 6.07) is 9.24. The standard InChI is InChI=1S/C16H17F2NO3S/c17-14-6-3-12(4-7-14)13-5-8-16(15(18)11-13)23(21,22)19-9-1-2-10-20/h3-8,11,19-20H,1-2,9-10H2. The molecule has 0 aliphatic heterocycles. The molecule has 2 rings (SSSR count). The van der Waals surface area contributed by atoms with Gasteiger partial charge in [0.15, 0.2) is 0 Å². The molecule has 0 atom stereocenters. The molecular formula is C16H17F2NO3S. The lowest BCUT2D eigenvalue weighted by atomic mass is 10.1. The van der Waals surface area contributed by atoms with Crippen LogP contribution in [-0.2, 0) is 10.0 Å². The SMILES string of the molecule is O=S(=O)(NCCCCO)c1ccc(-c2ccc(F)cc2)cc1F. The van der Waals surface area contributed by atoms with E-state index in [2.05, 4.69) is 4.72 Å². The zero-order valence-electron chi connectivity index (χ0n) is 12.3. The quantitative estimate of drug-likeness (QED) is 0.761. The van der Waals surface area contributed by atoms with Crippen molar-refractivity contribution in [2.24, 2.45) is 0 Å². The normalized spacial score (nSPS) is 11.6. The largest absolute Gasteiger partial charge is 0.396 e. The predicted octanol–water partition coefficient (Wildman–Crippen LogP) is 2.68. The Labute approximate surface area is 133 Å². The van der Waals surface area contributed by atoms with Crippen molar-refractivity contribution in [2.75, 3.05) is 13.2 Å². The van der Waals surface area contributed by atoms with Gasteiger partial charge in [-0.05, 0) is 48.2 Å². The van der Waals surface area contributed by atoms with Crippen LogP contribution < -0.4 is 4.72 Å². The maximum Gasteiger partial charge on any atom is 0.243 e. The molecule has 0 aliphatic carbocycles. The molecular weight excluding hydrogens is 324 g/mol. The van der Waals surface area contributed by atoms with Gasteiger partial charge in [-0.15, -0.1) is 0 Å². The third-order valence-electron chi connectivity index (χ3n) is 3.28. The molecule has 0 saturated carbocycles. The Morgan fingerprint density at radius 3 is 2.22 bits per heavy atom. The van der Waals surface area contributed by atoms with Crippen LogP contribution in [0.25, 0.3) is 11.1 Å². The van der Waals surface area contributed by atoms with E-state index < -0.39 is 26.6 Å². The molecule has 0 unspecified atom stereocenters. The molecule has 2 N–H and O–H groups in total. The second-order valence-corrected chi connectivity index (χ2v) is 6.72. The Bertz CT molecular complexity index is 761. The van der Waals surface area contributed by atoms with Gasteiger partial charge < -0.3 is 5.11 Å². The van der Waals surface area contributed by atoms with Gasteiger partial charge in [0.05, 0.1) is 0 Å². The minimum atomic E-state index is -3.94. The molecule has 0 heterocycles. The van der Waals surface area contributed by atoms with Crippen molar-refractivity contribution in [3.8, 4) is 11.1 Å². The number of sulfonamides is 1. The van der Waals surface area contributed by atoms with Crippen LogP contribution in [0.15, 0.2) is 47.4 Å². The highest BCUT2D eigenvalue weighted by atomic mass is 32.2. The van der Waals surface area contributed by atoms with Crippen molar-refractivity contribution in [2.45, 2.75) is 17.7 Å². The number of benzene rings is 2. The fraction of sp³-hybridized carbons (Fsp3) is 0.250. The number of halogens is 2. The molecule has 0 radical (unpaired) electrons. The average Bonchev–Trinajstić information content (AvgIpc) is 2.52. The van der Waals surface area contributed by atoms with Crippen molar-refractivity contribution in [3.05, 3.63) is 54.1 Å². The lowest BCUT2D eigenvalue weighted by molar-refractivity contribution is 0.285. The zero-order chi connectivity index (χ0) is 16.9. The van der Waals surface area contributed by atoms with Crippen LogP contribution in [0.5, 0.6) is 0 Å². The van der Waals surface area contributed by atoms with Crippen LogP contribution in [0.3, 0.4) is 0 Å². The Kier molecular flexibility index (Phi) is 5.81. The van der Waals surface area contributed by atoms with Gasteiger partial charge >= 0.3 is 0 Å². The van der Waals surface area contributed by atoms with Crippen LogP contribution in [0, 0.1) is 11.6 Å². The van der Waals surface area contributed by atoms with E-state index in [0.29, 0.717) is 24.0 Å². The maximum absolute atomic E-state index is 14.2. The van der Waals surface area contributed by atoms with Crippen molar-refractivity contribution >= 4 is 10.0 Å². The molecule has 0 aliphatic rings. The smallest absolute Gasteiger partial charge is 0.243 e. The van der Waals surface area contributed by atoms with E-state index in [1.54, 1.807) is 0 Å². The Morgan fingerprint density at radius 1 is 0.957 bits per heavy atom. The number of rotatable bonds is 7. The average molecular weight is 341 g/mol. The number of aliphatic hydroxyl groups is 1. The van der Waals surface area contributed by atoms with Crippen LogP contribution in [-0.4, -0.2) is 26.7 Å². The highest BCUT2D eigenvalue weighted by molar-refractivity contribution is 7.89. The molecule has 0 bridgehead atoms. The molecule has 0 fully saturated rings. The van der Waals surface area contributed by atoms with Crippen molar-refractivity contribution in [3.63, 3.8) is 0 Å². The molecule has 0 amide bonds. The fourth-order valence-electron chi connectivity index (χ4n) is 2.06. The Morgan fingerprint density at radius 2 is 1.61 bits per heavy atom. The number of hydrogen-bond acceptors (Lipinski definition) is 3. The summed E-state index contributed by atoms with van der Waals surface area (Å²) in [5.41, 5.74) is 1.05. The summed E-state index contributed by atoms with van der Waals surface area (Å²) in [5, 5.41) is 8.65. The number of aliphatic hydroxyl groups excluding tert-OH is 1. The van der Waals surface area contributed by atoms with E-state index in [-0.39, 0.29) is 13.2 Å². The third kappa shape index (κ3) is 4.57. The molecule has 2 aromatic carbocycles. The van der Waals surface area contributed by atoms with E-state index in [4.69, 9.17) is 5.11 Å². The predicted molar refractivity (Wildman–Crippen MR) is 83.3 cm³/mol. The van der Waals surface area contributed by atoms with Gasteiger partial charge in [0, 0.05) is 13.2 Å². The maximum atomic E-state index is 14.2. The van der Waals surface area contributed by atoms with Crippen molar-refractivity contribution in [1.82, 2.24) is 4.72 Å². The molecule has 2 aromatic rings. The summed E-state index contributed by atoms with van der Waals surface area (Å²) in [6.45, 7) is 0.102. The number of unbranched alkanes of at least 4 members (excludes halogenated alkanes) is 1. The summed E-state index contributed by atoms with van der Waals surface area (Å²) < 4.78 is 53.4. The Balaban J connectivity index is 2.20. The van der Waals surface area contributed by atoms with Gasteiger partial charge in [-0.3, -0.25) is 0 Å². The lowest BCUT2D eigenvalue weighted by Crippen LogP contribution is -2.25. The van der Waals surface area contributed by atoms with E-state index in [1.807, 2.05) is 0 Å².